The number of carbonyl (C=O) groups excluding carboxylic acids is 1. The molecule has 1 saturated heterocycles. The van der Waals surface area contributed by atoms with Gasteiger partial charge in [-0.3, -0.25) is 4.79 Å². The Balaban J connectivity index is 1.73. The summed E-state index contributed by atoms with van der Waals surface area (Å²) >= 11 is 0. The van der Waals surface area contributed by atoms with Crippen LogP contribution in [0.4, 0.5) is 19.1 Å². The van der Waals surface area contributed by atoms with Gasteiger partial charge in [0.25, 0.3) is 5.78 Å². The van der Waals surface area contributed by atoms with Gasteiger partial charge in [0.15, 0.2) is 0 Å². The number of amides is 1. The fourth-order valence-electron chi connectivity index (χ4n) is 3.56. The average Bonchev–Trinajstić information content (AvgIpc) is 3.11. The van der Waals surface area contributed by atoms with Crippen molar-refractivity contribution in [1.82, 2.24) is 24.5 Å². The van der Waals surface area contributed by atoms with Gasteiger partial charge in [-0.05, 0) is 37.6 Å². The van der Waals surface area contributed by atoms with Gasteiger partial charge >= 0.3 is 6.18 Å². The van der Waals surface area contributed by atoms with Gasteiger partial charge in [-0.2, -0.15) is 22.7 Å². The molecule has 30 heavy (non-hydrogen) atoms. The van der Waals surface area contributed by atoms with E-state index in [-0.39, 0.29) is 16.9 Å². The highest BCUT2D eigenvalue weighted by atomic mass is 19.4. The van der Waals surface area contributed by atoms with Crippen molar-refractivity contribution in [1.29, 1.82) is 0 Å². The third-order valence-corrected chi connectivity index (χ3v) is 5.12. The number of aryl methyl sites for hydroxylation is 2. The third kappa shape index (κ3) is 3.51. The van der Waals surface area contributed by atoms with E-state index in [2.05, 4.69) is 15.1 Å². The summed E-state index contributed by atoms with van der Waals surface area (Å²) in [6.07, 6.45) is -3.74. The summed E-state index contributed by atoms with van der Waals surface area (Å²) in [6.45, 7) is 5.57. The molecule has 0 atom stereocenters. The van der Waals surface area contributed by atoms with Crippen LogP contribution in [0.3, 0.4) is 0 Å². The minimum absolute atomic E-state index is 0.220. The molecule has 8 nitrogen and oxygen atoms in total. The monoisotopic (exact) mass is 420 g/mol. The zero-order valence-electron chi connectivity index (χ0n) is 16.3. The summed E-state index contributed by atoms with van der Waals surface area (Å²) in [7, 11) is 0. The standard InChI is InChI=1S/C19H19F3N6O2/c1-11-7-13(19(20,21)22)9-15(30)16(11)14-8-12(2)28-17(23-14)24-18(25-28)27-5-3-26(10-29)4-6-27/h7-10,30H,3-6H2,1-2H3. The molecule has 158 valence electrons. The van der Waals surface area contributed by atoms with E-state index in [1.54, 1.807) is 22.4 Å². The summed E-state index contributed by atoms with van der Waals surface area (Å²) < 4.78 is 40.6. The topological polar surface area (TPSA) is 86.9 Å². The number of hydrogen-bond acceptors (Lipinski definition) is 6. The van der Waals surface area contributed by atoms with E-state index in [1.807, 2.05) is 4.90 Å². The van der Waals surface area contributed by atoms with Crippen molar-refractivity contribution < 1.29 is 23.1 Å². The molecule has 0 radical (unpaired) electrons. The normalized spacial score (nSPS) is 15.1. The highest BCUT2D eigenvalue weighted by Gasteiger charge is 2.32. The number of hydrogen-bond donors (Lipinski definition) is 1. The second-order valence-electron chi connectivity index (χ2n) is 7.22. The Labute approximate surface area is 169 Å². The molecule has 1 aromatic carbocycles. The maximum Gasteiger partial charge on any atom is 0.416 e. The van der Waals surface area contributed by atoms with Crippen molar-refractivity contribution in [2.24, 2.45) is 0 Å². The number of aromatic hydroxyl groups is 1. The lowest BCUT2D eigenvalue weighted by Crippen LogP contribution is -2.46. The molecule has 1 amide bonds. The van der Waals surface area contributed by atoms with Gasteiger partial charge in [0.05, 0.1) is 11.3 Å². The van der Waals surface area contributed by atoms with Crippen molar-refractivity contribution in [3.05, 3.63) is 35.0 Å². The van der Waals surface area contributed by atoms with Gasteiger partial charge in [-0.1, -0.05) is 0 Å². The van der Waals surface area contributed by atoms with Gasteiger partial charge in [0, 0.05) is 37.4 Å². The second kappa shape index (κ2) is 7.15. The summed E-state index contributed by atoms with van der Waals surface area (Å²) in [4.78, 5) is 23.4. The number of carbonyl (C=O) groups is 1. The number of halogens is 3. The number of aromatic nitrogens is 4. The quantitative estimate of drug-likeness (QED) is 0.655. The summed E-state index contributed by atoms with van der Waals surface area (Å²) in [6, 6.07) is 3.33. The summed E-state index contributed by atoms with van der Waals surface area (Å²) in [5, 5.41) is 14.7. The summed E-state index contributed by atoms with van der Waals surface area (Å²) in [5.74, 6) is 0.237. The molecule has 0 unspecified atom stereocenters. The van der Waals surface area contributed by atoms with Crippen LogP contribution < -0.4 is 4.90 Å². The largest absolute Gasteiger partial charge is 0.507 e. The van der Waals surface area contributed by atoms with Gasteiger partial charge in [0.1, 0.15) is 5.75 Å². The van der Waals surface area contributed by atoms with Crippen molar-refractivity contribution in [3.63, 3.8) is 0 Å². The molecule has 2 aromatic heterocycles. The molecule has 0 spiro atoms. The van der Waals surface area contributed by atoms with E-state index in [4.69, 9.17) is 0 Å². The van der Waals surface area contributed by atoms with E-state index in [9.17, 15) is 23.1 Å². The minimum Gasteiger partial charge on any atom is -0.507 e. The first-order valence-electron chi connectivity index (χ1n) is 9.27. The van der Waals surface area contributed by atoms with Crippen LogP contribution in [0.25, 0.3) is 17.0 Å². The Bertz CT molecular complexity index is 1100. The van der Waals surface area contributed by atoms with Crippen molar-refractivity contribution in [2.75, 3.05) is 31.1 Å². The van der Waals surface area contributed by atoms with Crippen LogP contribution >= 0.6 is 0 Å². The Morgan fingerprint density at radius 1 is 1.07 bits per heavy atom. The fourth-order valence-corrected chi connectivity index (χ4v) is 3.56. The van der Waals surface area contributed by atoms with Crippen LogP contribution in [0.1, 0.15) is 16.8 Å². The van der Waals surface area contributed by atoms with Gasteiger partial charge in [-0.15, -0.1) is 5.10 Å². The van der Waals surface area contributed by atoms with E-state index in [0.29, 0.717) is 49.6 Å². The van der Waals surface area contributed by atoms with E-state index >= 15 is 0 Å². The Kier molecular flexibility index (Phi) is 4.75. The lowest BCUT2D eigenvalue weighted by molar-refractivity contribution is -0.137. The molecule has 3 aromatic rings. The minimum atomic E-state index is -4.55. The maximum atomic E-state index is 13.0. The number of anilines is 1. The number of fused-ring (bicyclic) bond motifs is 1. The smallest absolute Gasteiger partial charge is 0.416 e. The van der Waals surface area contributed by atoms with E-state index < -0.39 is 17.5 Å². The first-order chi connectivity index (χ1) is 14.2. The number of piperazine rings is 1. The Hall–Kier alpha value is -3.37. The predicted molar refractivity (Wildman–Crippen MR) is 102 cm³/mol. The number of rotatable bonds is 3. The van der Waals surface area contributed by atoms with Crippen LogP contribution in [0.2, 0.25) is 0 Å². The van der Waals surface area contributed by atoms with Crippen LogP contribution in [-0.4, -0.2) is 62.2 Å². The molecule has 11 heteroatoms. The molecule has 3 heterocycles. The fraction of sp³-hybridized carbons (Fsp3) is 0.368. The lowest BCUT2D eigenvalue weighted by atomic mass is 10.00. The number of benzene rings is 1. The summed E-state index contributed by atoms with van der Waals surface area (Å²) in [5.41, 5.74) is 0.534. The van der Waals surface area contributed by atoms with Gasteiger partial charge < -0.3 is 14.9 Å². The van der Waals surface area contributed by atoms with E-state index in [0.717, 1.165) is 12.5 Å². The van der Waals surface area contributed by atoms with E-state index in [1.165, 1.54) is 6.92 Å². The van der Waals surface area contributed by atoms with Crippen LogP contribution in [0, 0.1) is 13.8 Å². The maximum absolute atomic E-state index is 13.0. The second-order valence-corrected chi connectivity index (χ2v) is 7.22. The molecule has 0 bridgehead atoms. The van der Waals surface area contributed by atoms with Crippen LogP contribution in [0.15, 0.2) is 18.2 Å². The van der Waals surface area contributed by atoms with Gasteiger partial charge in [0.2, 0.25) is 12.4 Å². The first-order valence-corrected chi connectivity index (χ1v) is 9.27. The SMILES string of the molecule is Cc1cc(C(F)(F)F)cc(O)c1-c1cc(C)n2nc(N3CCN(C=O)CC3)nc2n1. The van der Waals surface area contributed by atoms with Crippen molar-refractivity contribution in [2.45, 2.75) is 20.0 Å². The third-order valence-electron chi connectivity index (χ3n) is 5.12. The average molecular weight is 420 g/mol. The Morgan fingerprint density at radius 3 is 2.37 bits per heavy atom. The molecular formula is C19H19F3N6O2. The zero-order valence-corrected chi connectivity index (χ0v) is 16.3. The van der Waals surface area contributed by atoms with Crippen molar-refractivity contribution >= 4 is 18.1 Å². The number of nitrogens with zero attached hydrogens (tertiary/aromatic N) is 6. The highest BCUT2D eigenvalue weighted by Crippen LogP contribution is 2.38. The first kappa shape index (κ1) is 19.9. The van der Waals surface area contributed by atoms with Gasteiger partial charge in [-0.25, -0.2) is 4.98 Å². The van der Waals surface area contributed by atoms with Crippen LogP contribution in [0.5, 0.6) is 5.75 Å². The highest BCUT2D eigenvalue weighted by molar-refractivity contribution is 5.72. The molecular weight excluding hydrogens is 401 g/mol. The van der Waals surface area contributed by atoms with Crippen molar-refractivity contribution in [3.8, 4) is 17.0 Å². The number of phenolic OH excluding ortho intramolecular Hbond substituents is 1. The number of alkyl halides is 3. The molecule has 0 saturated carbocycles. The molecule has 1 N–H and O–H groups in total. The lowest BCUT2D eigenvalue weighted by Gasteiger charge is -2.31. The molecule has 1 aliphatic heterocycles. The molecule has 0 aliphatic carbocycles. The molecule has 1 aliphatic rings. The Morgan fingerprint density at radius 2 is 1.77 bits per heavy atom. The predicted octanol–water partition coefficient (Wildman–Crippen LogP) is 2.41. The van der Waals surface area contributed by atoms with Crippen LogP contribution in [-0.2, 0) is 11.0 Å². The number of phenols is 1. The molecule has 4 rings (SSSR count). The zero-order chi connectivity index (χ0) is 21.6. The molecule has 1 fully saturated rings.